The van der Waals surface area contributed by atoms with Gasteiger partial charge in [-0.05, 0) is 50.3 Å². The number of nitrogens with one attached hydrogen (secondary N) is 1. The van der Waals surface area contributed by atoms with Gasteiger partial charge < -0.3 is 10.1 Å². The molecule has 1 N–H and O–H groups in total. The van der Waals surface area contributed by atoms with Crippen LogP contribution < -0.4 is 5.32 Å². The fourth-order valence-electron chi connectivity index (χ4n) is 2.30. The van der Waals surface area contributed by atoms with Crippen LogP contribution in [-0.2, 0) is 4.74 Å². The topological polar surface area (TPSA) is 69.0 Å². The minimum atomic E-state index is -0.219. The lowest BCUT2D eigenvalue weighted by molar-refractivity contribution is 0.0931. The van der Waals surface area contributed by atoms with Crippen LogP contribution in [0.25, 0.3) is 5.69 Å². The number of aromatic nitrogens is 3. The van der Waals surface area contributed by atoms with E-state index in [1.54, 1.807) is 19.1 Å². The highest BCUT2D eigenvalue weighted by Gasteiger charge is 2.21. The lowest BCUT2D eigenvalue weighted by Crippen LogP contribution is -2.26. The van der Waals surface area contributed by atoms with Gasteiger partial charge in [-0.15, -0.1) is 5.10 Å². The highest BCUT2D eigenvalue weighted by molar-refractivity contribution is 6.30. The molecule has 0 saturated heterocycles. The van der Waals surface area contributed by atoms with Crippen LogP contribution in [0.4, 0.5) is 0 Å². The van der Waals surface area contributed by atoms with E-state index in [1.807, 2.05) is 12.1 Å². The Hall–Kier alpha value is -1.92. The predicted molar refractivity (Wildman–Crippen MR) is 91.6 cm³/mol. The first-order valence-electron chi connectivity index (χ1n) is 8.19. The number of carbonyl (C=O) groups excluding carboxylic acids is 1. The van der Waals surface area contributed by atoms with E-state index in [1.165, 1.54) is 17.6 Å². The summed E-state index contributed by atoms with van der Waals surface area (Å²) in [5, 5.41) is 12.0. The largest absolute Gasteiger partial charge is 0.381 e. The van der Waals surface area contributed by atoms with Gasteiger partial charge >= 0.3 is 0 Å². The second-order valence-electron chi connectivity index (χ2n) is 6.03. The van der Waals surface area contributed by atoms with E-state index < -0.39 is 0 Å². The molecule has 7 heteroatoms. The van der Waals surface area contributed by atoms with Gasteiger partial charge in [-0.25, -0.2) is 0 Å². The Labute approximate surface area is 146 Å². The third-order valence-corrected chi connectivity index (χ3v) is 4.07. The second kappa shape index (κ2) is 7.77. The molecule has 1 amide bonds. The van der Waals surface area contributed by atoms with Gasteiger partial charge in [0.05, 0.1) is 11.4 Å². The van der Waals surface area contributed by atoms with Crippen LogP contribution in [0.15, 0.2) is 24.3 Å². The Kier molecular flexibility index (Phi) is 5.48. The smallest absolute Gasteiger partial charge is 0.273 e. The number of benzene rings is 1. The molecule has 1 saturated carbocycles. The van der Waals surface area contributed by atoms with Crippen LogP contribution in [0.2, 0.25) is 5.02 Å². The Morgan fingerprint density at radius 1 is 1.42 bits per heavy atom. The van der Waals surface area contributed by atoms with E-state index in [9.17, 15) is 4.79 Å². The maximum absolute atomic E-state index is 12.2. The first-order valence-corrected chi connectivity index (χ1v) is 8.57. The van der Waals surface area contributed by atoms with Gasteiger partial charge in [0.2, 0.25) is 0 Å². The number of nitrogens with zero attached hydrogens (tertiary/aromatic N) is 3. The van der Waals surface area contributed by atoms with E-state index >= 15 is 0 Å². The zero-order chi connectivity index (χ0) is 16.9. The van der Waals surface area contributed by atoms with Crippen molar-refractivity contribution in [2.75, 3.05) is 19.8 Å². The molecule has 1 aromatic heterocycles. The van der Waals surface area contributed by atoms with Crippen LogP contribution >= 0.6 is 11.6 Å². The maximum Gasteiger partial charge on any atom is 0.273 e. The van der Waals surface area contributed by atoms with Gasteiger partial charge in [0.25, 0.3) is 5.91 Å². The zero-order valence-electron chi connectivity index (χ0n) is 13.7. The molecule has 0 aliphatic heterocycles. The van der Waals surface area contributed by atoms with Crippen molar-refractivity contribution in [2.45, 2.75) is 26.2 Å². The van der Waals surface area contributed by atoms with E-state index in [0.717, 1.165) is 24.6 Å². The number of carbonyl (C=O) groups is 1. The SMILES string of the molecule is Cc1nn(-c2cccc(Cl)c2)nc1C(=O)NCCCOCC1CC1. The molecular formula is C17H21ClN4O2. The molecule has 0 bridgehead atoms. The van der Waals surface area contributed by atoms with Crippen molar-refractivity contribution in [3.63, 3.8) is 0 Å². The van der Waals surface area contributed by atoms with Crippen molar-refractivity contribution in [3.05, 3.63) is 40.7 Å². The molecule has 1 aliphatic rings. The molecule has 1 heterocycles. The van der Waals surface area contributed by atoms with Gasteiger partial charge in [0, 0.05) is 24.8 Å². The van der Waals surface area contributed by atoms with E-state index in [0.29, 0.717) is 29.6 Å². The molecule has 0 unspecified atom stereocenters. The first-order chi connectivity index (χ1) is 11.6. The average molecular weight is 349 g/mol. The van der Waals surface area contributed by atoms with Gasteiger partial charge in [0.15, 0.2) is 5.69 Å². The summed E-state index contributed by atoms with van der Waals surface area (Å²) >= 11 is 5.98. The third-order valence-electron chi connectivity index (χ3n) is 3.84. The van der Waals surface area contributed by atoms with Crippen molar-refractivity contribution < 1.29 is 9.53 Å². The monoisotopic (exact) mass is 348 g/mol. The number of hydrogen-bond acceptors (Lipinski definition) is 4. The molecule has 0 atom stereocenters. The summed E-state index contributed by atoms with van der Waals surface area (Å²) < 4.78 is 5.55. The summed E-state index contributed by atoms with van der Waals surface area (Å²) in [7, 11) is 0. The fraction of sp³-hybridized carbons (Fsp3) is 0.471. The van der Waals surface area contributed by atoms with Crippen LogP contribution in [0, 0.1) is 12.8 Å². The fourth-order valence-corrected chi connectivity index (χ4v) is 2.48. The van der Waals surface area contributed by atoms with Crippen molar-refractivity contribution in [3.8, 4) is 5.69 Å². The average Bonchev–Trinajstić information content (AvgIpc) is 3.30. The predicted octanol–water partition coefficient (Wildman–Crippen LogP) is 2.78. The molecule has 1 aliphatic carbocycles. The summed E-state index contributed by atoms with van der Waals surface area (Å²) in [6, 6.07) is 7.18. The van der Waals surface area contributed by atoms with Crippen LogP contribution in [0.3, 0.4) is 0 Å². The Morgan fingerprint density at radius 3 is 3.00 bits per heavy atom. The number of aryl methyl sites for hydroxylation is 1. The molecule has 2 aromatic rings. The molecule has 3 rings (SSSR count). The van der Waals surface area contributed by atoms with Crippen LogP contribution in [0.5, 0.6) is 0 Å². The minimum Gasteiger partial charge on any atom is -0.381 e. The van der Waals surface area contributed by atoms with Crippen molar-refractivity contribution in [2.24, 2.45) is 5.92 Å². The molecule has 1 aromatic carbocycles. The Balaban J connectivity index is 1.51. The van der Waals surface area contributed by atoms with Crippen LogP contribution in [-0.4, -0.2) is 40.7 Å². The van der Waals surface area contributed by atoms with Gasteiger partial charge in [-0.3, -0.25) is 4.79 Å². The molecular weight excluding hydrogens is 328 g/mol. The maximum atomic E-state index is 12.2. The summed E-state index contributed by atoms with van der Waals surface area (Å²) in [6.45, 7) is 3.85. The van der Waals surface area contributed by atoms with Gasteiger partial charge in [-0.1, -0.05) is 17.7 Å². The quantitative estimate of drug-likeness (QED) is 0.745. The Morgan fingerprint density at radius 2 is 2.25 bits per heavy atom. The van der Waals surface area contributed by atoms with Gasteiger partial charge in [0.1, 0.15) is 0 Å². The highest BCUT2D eigenvalue weighted by Crippen LogP contribution is 2.28. The normalized spacial score (nSPS) is 13.9. The highest BCUT2D eigenvalue weighted by atomic mass is 35.5. The summed E-state index contributed by atoms with van der Waals surface area (Å²) in [5.74, 6) is 0.548. The van der Waals surface area contributed by atoms with Crippen molar-refractivity contribution >= 4 is 17.5 Å². The van der Waals surface area contributed by atoms with E-state index in [2.05, 4.69) is 15.5 Å². The molecule has 6 nitrogen and oxygen atoms in total. The summed E-state index contributed by atoms with van der Waals surface area (Å²) in [5.41, 5.74) is 1.63. The minimum absolute atomic E-state index is 0.219. The number of hydrogen-bond donors (Lipinski definition) is 1. The van der Waals surface area contributed by atoms with E-state index in [-0.39, 0.29) is 5.91 Å². The lowest BCUT2D eigenvalue weighted by atomic mass is 10.3. The first kappa shape index (κ1) is 16.9. The lowest BCUT2D eigenvalue weighted by Gasteiger charge is -2.04. The third kappa shape index (κ3) is 4.55. The van der Waals surface area contributed by atoms with E-state index in [4.69, 9.17) is 16.3 Å². The Bertz CT molecular complexity index is 712. The summed E-state index contributed by atoms with van der Waals surface area (Å²) in [4.78, 5) is 13.7. The molecule has 1 fully saturated rings. The molecule has 24 heavy (non-hydrogen) atoms. The standard InChI is InChI=1S/C17H21ClN4O2/c1-12-16(17(23)19-8-3-9-24-11-13-6-7-13)21-22(20-12)15-5-2-4-14(18)10-15/h2,4-5,10,13H,3,6-9,11H2,1H3,(H,19,23). The number of rotatable bonds is 8. The number of halogens is 1. The molecule has 128 valence electrons. The zero-order valence-corrected chi connectivity index (χ0v) is 14.4. The molecule has 0 spiro atoms. The summed E-state index contributed by atoms with van der Waals surface area (Å²) in [6.07, 6.45) is 3.37. The van der Waals surface area contributed by atoms with Crippen molar-refractivity contribution in [1.29, 1.82) is 0 Å². The second-order valence-corrected chi connectivity index (χ2v) is 6.47. The number of amides is 1. The van der Waals surface area contributed by atoms with Crippen molar-refractivity contribution in [1.82, 2.24) is 20.3 Å². The van der Waals surface area contributed by atoms with Gasteiger partial charge in [-0.2, -0.15) is 9.90 Å². The number of ether oxygens (including phenoxy) is 1. The van der Waals surface area contributed by atoms with Crippen LogP contribution in [0.1, 0.15) is 35.4 Å². The molecule has 0 radical (unpaired) electrons.